The molecule has 0 saturated carbocycles. The number of rotatable bonds is 39. The largest absolute Gasteiger partial charge is 0.472 e. The van der Waals surface area contributed by atoms with Crippen LogP contribution in [-0.2, 0) is 32.7 Å². The summed E-state index contributed by atoms with van der Waals surface area (Å²) in [6, 6.07) is 0. The number of nitrogens with zero attached hydrogens (tertiary/aromatic N) is 1. The van der Waals surface area contributed by atoms with Crippen molar-refractivity contribution in [1.29, 1.82) is 0 Å². The minimum atomic E-state index is -4.42. The fourth-order valence-electron chi connectivity index (χ4n) is 5.29. The molecule has 0 bridgehead atoms. The molecule has 0 amide bonds. The van der Waals surface area contributed by atoms with Crippen LogP contribution in [0.5, 0.6) is 0 Å². The first kappa shape index (κ1) is 57.6. The van der Waals surface area contributed by atoms with Crippen molar-refractivity contribution in [3.05, 3.63) is 109 Å². The zero-order chi connectivity index (χ0) is 45.1. The Kier molecular flexibility index (Phi) is 38.4. The lowest BCUT2D eigenvalue weighted by Gasteiger charge is -2.24. The molecule has 0 aliphatic carbocycles. The van der Waals surface area contributed by atoms with Gasteiger partial charge >= 0.3 is 19.8 Å². The Morgan fingerprint density at radius 3 is 1.75 bits per heavy atom. The number of quaternary nitrogens is 1. The van der Waals surface area contributed by atoms with Crippen molar-refractivity contribution in [2.75, 3.05) is 47.5 Å². The number of likely N-dealkylation sites (N-methyl/N-ethyl adjacent to an activating group) is 1. The van der Waals surface area contributed by atoms with Crippen molar-refractivity contribution in [2.24, 2.45) is 0 Å². The number of carbonyl (C=O) groups excluding carboxylic acids is 2. The van der Waals surface area contributed by atoms with Crippen molar-refractivity contribution >= 4 is 19.8 Å². The lowest BCUT2D eigenvalue weighted by molar-refractivity contribution is -0.870. The van der Waals surface area contributed by atoms with Crippen LogP contribution in [0.2, 0.25) is 0 Å². The average molecular weight is 873 g/mol. The molecule has 0 fully saturated rings. The van der Waals surface area contributed by atoms with Crippen LogP contribution in [0, 0.1) is 0 Å². The number of ether oxygens (including phenoxy) is 2. The number of phosphoric acid groups is 1. The maximum absolute atomic E-state index is 12.7. The van der Waals surface area contributed by atoms with Crippen LogP contribution in [0.4, 0.5) is 0 Å². The topological polar surface area (TPSA) is 129 Å². The summed E-state index contributed by atoms with van der Waals surface area (Å²) >= 11 is 0. The number of carbonyl (C=O) groups is 2. The molecule has 0 radical (unpaired) electrons. The van der Waals surface area contributed by atoms with Crippen molar-refractivity contribution in [2.45, 2.75) is 148 Å². The predicted octanol–water partition coefficient (Wildman–Crippen LogP) is 12.1. The fraction of sp³-hybridized carbons (Fsp3) is 0.600. The zero-order valence-corrected chi connectivity index (χ0v) is 39.4. The Morgan fingerprint density at radius 2 is 1.15 bits per heavy atom. The smallest absolute Gasteiger partial charge is 0.462 e. The van der Waals surface area contributed by atoms with Crippen molar-refractivity contribution in [3.63, 3.8) is 0 Å². The van der Waals surface area contributed by atoms with E-state index < -0.39 is 38.6 Å². The fourth-order valence-corrected chi connectivity index (χ4v) is 6.03. The summed E-state index contributed by atoms with van der Waals surface area (Å²) in [5.41, 5.74) is 0. The number of phosphoric ester groups is 1. The molecule has 346 valence electrons. The Morgan fingerprint density at radius 1 is 0.607 bits per heavy atom. The Hall–Kier alpha value is -3.37. The molecule has 0 aromatic carbocycles. The minimum Gasteiger partial charge on any atom is -0.462 e. The molecule has 0 rings (SSSR count). The quantitative estimate of drug-likeness (QED) is 0.0155. The normalized spacial score (nSPS) is 15.1. The first-order valence-electron chi connectivity index (χ1n) is 22.7. The number of esters is 2. The van der Waals surface area contributed by atoms with E-state index in [1.165, 1.54) is 25.7 Å². The highest BCUT2D eigenvalue weighted by atomic mass is 31.2. The Labute approximate surface area is 370 Å². The van der Waals surface area contributed by atoms with E-state index in [0.717, 1.165) is 57.8 Å². The summed E-state index contributed by atoms with van der Waals surface area (Å²) in [7, 11) is 1.37. The minimum absolute atomic E-state index is 0.000491. The number of aliphatic hydroxyl groups is 1. The highest BCUT2D eigenvalue weighted by Gasteiger charge is 2.27. The second-order valence-corrected chi connectivity index (χ2v) is 17.3. The predicted molar refractivity (Wildman–Crippen MR) is 253 cm³/mol. The third-order valence-electron chi connectivity index (χ3n) is 8.87. The van der Waals surface area contributed by atoms with E-state index in [0.29, 0.717) is 36.7 Å². The summed E-state index contributed by atoms with van der Waals surface area (Å²) < 4.78 is 34.2. The second-order valence-electron chi connectivity index (χ2n) is 15.9. The number of aliphatic hydroxyl groups excluding tert-OH is 1. The van der Waals surface area contributed by atoms with Crippen molar-refractivity contribution in [3.8, 4) is 0 Å². The van der Waals surface area contributed by atoms with E-state index >= 15 is 0 Å². The van der Waals surface area contributed by atoms with Gasteiger partial charge in [0, 0.05) is 12.8 Å². The van der Waals surface area contributed by atoms with Gasteiger partial charge in [-0.15, -0.1) is 0 Å². The zero-order valence-electron chi connectivity index (χ0n) is 38.5. The Bertz CT molecular complexity index is 1420. The number of hydrogen-bond acceptors (Lipinski definition) is 8. The van der Waals surface area contributed by atoms with Crippen LogP contribution in [-0.4, -0.2) is 86.1 Å². The molecule has 0 heterocycles. The molecule has 0 aromatic heterocycles. The molecule has 3 atom stereocenters. The molecule has 0 aliphatic heterocycles. The summed E-state index contributed by atoms with van der Waals surface area (Å²) in [6.07, 6.45) is 51.7. The molecule has 0 saturated heterocycles. The monoisotopic (exact) mass is 873 g/mol. The molecule has 10 nitrogen and oxygen atoms in total. The van der Waals surface area contributed by atoms with E-state index in [1.807, 2.05) is 57.6 Å². The van der Waals surface area contributed by atoms with Gasteiger partial charge in [-0.1, -0.05) is 142 Å². The first-order valence-corrected chi connectivity index (χ1v) is 24.2. The maximum atomic E-state index is 12.7. The molecule has 0 aliphatic rings. The molecule has 0 spiro atoms. The van der Waals surface area contributed by atoms with Gasteiger partial charge in [0.05, 0.1) is 33.9 Å². The molecule has 2 N–H and O–H groups in total. The van der Waals surface area contributed by atoms with E-state index in [2.05, 4.69) is 80.7 Å². The Balaban J connectivity index is 4.59. The van der Waals surface area contributed by atoms with Gasteiger partial charge in [-0.2, -0.15) is 0 Å². The van der Waals surface area contributed by atoms with Crippen LogP contribution >= 0.6 is 7.82 Å². The highest BCUT2D eigenvalue weighted by molar-refractivity contribution is 7.47. The van der Waals surface area contributed by atoms with Crippen LogP contribution in [0.1, 0.15) is 136 Å². The van der Waals surface area contributed by atoms with Crippen LogP contribution in [0.3, 0.4) is 0 Å². The van der Waals surface area contributed by atoms with Gasteiger partial charge in [0.25, 0.3) is 0 Å². The van der Waals surface area contributed by atoms with Crippen molar-refractivity contribution < 1.29 is 47.2 Å². The molecule has 2 unspecified atom stereocenters. The van der Waals surface area contributed by atoms with Crippen LogP contribution in [0.15, 0.2) is 109 Å². The SMILES string of the molecule is CC/C=C\C/C=C\CC(O)/C=C/C=C\C/C=C\CCCC(=O)OC[C@H](COP(=O)(O)OCC[N+](C)(C)C)OC(=O)CCCCC/C=C\C/C=C\C/C=C\C/C=C\CCCCC. The van der Waals surface area contributed by atoms with E-state index in [-0.39, 0.29) is 26.1 Å². The van der Waals surface area contributed by atoms with Gasteiger partial charge in [0.2, 0.25) is 0 Å². The summed E-state index contributed by atoms with van der Waals surface area (Å²) in [6.45, 7) is 4.05. The van der Waals surface area contributed by atoms with Crippen LogP contribution in [0.25, 0.3) is 0 Å². The van der Waals surface area contributed by atoms with Gasteiger partial charge in [-0.25, -0.2) is 4.57 Å². The maximum Gasteiger partial charge on any atom is 0.472 e. The van der Waals surface area contributed by atoms with E-state index in [1.54, 1.807) is 6.08 Å². The van der Waals surface area contributed by atoms with Gasteiger partial charge in [-0.3, -0.25) is 18.6 Å². The van der Waals surface area contributed by atoms with E-state index in [4.69, 9.17) is 18.5 Å². The lowest BCUT2D eigenvalue weighted by atomic mass is 10.1. The lowest BCUT2D eigenvalue weighted by Crippen LogP contribution is -2.37. The number of hydrogen-bond donors (Lipinski definition) is 2. The molecule has 0 aromatic rings. The van der Waals surface area contributed by atoms with Gasteiger partial charge in [0.1, 0.15) is 19.8 Å². The van der Waals surface area contributed by atoms with Crippen LogP contribution < -0.4 is 0 Å². The third kappa shape index (κ3) is 44.5. The molecule has 61 heavy (non-hydrogen) atoms. The molecular formula is C50H83NO9P+. The van der Waals surface area contributed by atoms with Gasteiger partial charge in [-0.05, 0) is 89.9 Å². The number of unbranched alkanes of at least 4 members (excludes halogenated alkanes) is 7. The van der Waals surface area contributed by atoms with Gasteiger partial charge in [0.15, 0.2) is 6.10 Å². The van der Waals surface area contributed by atoms with Gasteiger partial charge < -0.3 is 24.0 Å². The first-order chi connectivity index (χ1) is 29.4. The van der Waals surface area contributed by atoms with Crippen molar-refractivity contribution in [1.82, 2.24) is 0 Å². The average Bonchev–Trinajstić information content (AvgIpc) is 3.21. The van der Waals surface area contributed by atoms with E-state index in [9.17, 15) is 24.2 Å². The standard InChI is InChI=1S/C50H82NO9P/c1-6-8-10-12-14-15-16-17-18-19-20-21-22-23-24-25-30-34-38-42-50(54)60-48(46-59-61(55,56)58-44-43-51(3,4)5)45-57-49(53)41-37-33-29-27-26-28-32-36-40-47(52)39-35-31-13-11-9-7-2/h9,11,14-15,17-18,20-21,23-24,27-29,31-32,35-36,40,47-48,52H,6-8,10,12-13,16,19,22,25-26,30,33-34,37-39,41-46H2,1-5H3/p+1/b11-9-,15-14-,18-17-,21-20-,24-23-,29-27-,32-28-,35-31-,40-36+/t47?,48-/m1/s1. The molecule has 11 heteroatoms. The number of allylic oxidation sites excluding steroid dienone is 16. The second kappa shape index (κ2) is 40.7. The third-order valence-corrected chi connectivity index (χ3v) is 9.85. The summed E-state index contributed by atoms with van der Waals surface area (Å²) in [5, 5.41) is 10.0. The molecular weight excluding hydrogens is 790 g/mol. The summed E-state index contributed by atoms with van der Waals surface area (Å²) in [4.78, 5) is 35.4. The highest BCUT2D eigenvalue weighted by Crippen LogP contribution is 2.43. The summed E-state index contributed by atoms with van der Waals surface area (Å²) in [5.74, 6) is -0.955.